The van der Waals surface area contributed by atoms with Gasteiger partial charge in [0, 0.05) is 23.0 Å². The van der Waals surface area contributed by atoms with Crippen molar-refractivity contribution in [2.45, 2.75) is 26.7 Å². The molecule has 0 aliphatic heterocycles. The maximum atomic E-state index is 12.3. The Morgan fingerprint density at radius 2 is 2.06 bits per heavy atom. The van der Waals surface area contributed by atoms with E-state index in [1.165, 1.54) is 18.4 Å². The van der Waals surface area contributed by atoms with Gasteiger partial charge in [0.1, 0.15) is 7.11 Å². The van der Waals surface area contributed by atoms with E-state index in [1.54, 1.807) is 13.1 Å². The standard InChI is InChI=1S/C25H24N6O3S2/c1-4-34-25(32)31(35)24-28-20-12-11-19-21(17-8-5-15(2)26-14-17)29-30(22(19)23(20)36-24)18-9-6-16(7-10-18)13-27-33-3/h5-10,13-14,35H,4,11-12H2,1-3H3. The van der Waals surface area contributed by atoms with E-state index < -0.39 is 6.09 Å². The summed E-state index contributed by atoms with van der Waals surface area (Å²) in [6.07, 6.45) is 4.44. The number of pyridine rings is 1. The molecule has 0 fully saturated rings. The maximum absolute atomic E-state index is 12.3. The predicted octanol–water partition coefficient (Wildman–Crippen LogP) is 5.25. The van der Waals surface area contributed by atoms with Gasteiger partial charge in [0.25, 0.3) is 0 Å². The molecule has 0 spiro atoms. The SMILES string of the molecule is CCOC(=O)N(S)c1nc2c(s1)-c1c(c(-c3ccc(C)nc3)nn1-c1ccc(C=NOC)cc1)CC2. The van der Waals surface area contributed by atoms with E-state index in [0.717, 1.165) is 67.2 Å². The van der Waals surface area contributed by atoms with Gasteiger partial charge in [-0.15, -0.1) is 0 Å². The summed E-state index contributed by atoms with van der Waals surface area (Å²) in [5.41, 5.74) is 7.57. The van der Waals surface area contributed by atoms with Gasteiger partial charge < -0.3 is 9.57 Å². The first-order valence-electron chi connectivity index (χ1n) is 11.4. The summed E-state index contributed by atoms with van der Waals surface area (Å²) in [7, 11) is 1.51. The minimum atomic E-state index is -0.555. The van der Waals surface area contributed by atoms with Crippen molar-refractivity contribution in [3.05, 3.63) is 65.1 Å². The second kappa shape index (κ2) is 10.1. The van der Waals surface area contributed by atoms with E-state index >= 15 is 0 Å². The van der Waals surface area contributed by atoms with E-state index in [9.17, 15) is 4.79 Å². The number of hydrogen-bond donors (Lipinski definition) is 1. The molecule has 0 atom stereocenters. The monoisotopic (exact) mass is 520 g/mol. The number of fused-ring (bicyclic) bond motifs is 3. The van der Waals surface area contributed by atoms with Gasteiger partial charge in [-0.25, -0.2) is 14.5 Å². The Labute approximate surface area is 217 Å². The summed E-state index contributed by atoms with van der Waals surface area (Å²) in [5.74, 6) is 0. The predicted molar refractivity (Wildman–Crippen MR) is 143 cm³/mol. The molecule has 184 valence electrons. The second-order valence-corrected chi connectivity index (χ2v) is 9.44. The number of oxime groups is 1. The number of nitrogens with zero attached hydrogens (tertiary/aromatic N) is 6. The molecule has 0 N–H and O–H groups in total. The number of ether oxygens (including phenoxy) is 1. The Bertz CT molecular complexity index is 1430. The fraction of sp³-hybridized carbons (Fsp3) is 0.240. The van der Waals surface area contributed by atoms with Crippen LogP contribution < -0.4 is 4.31 Å². The van der Waals surface area contributed by atoms with Crippen molar-refractivity contribution in [1.82, 2.24) is 19.7 Å². The molecule has 1 aliphatic carbocycles. The Morgan fingerprint density at radius 1 is 1.25 bits per heavy atom. The number of anilines is 1. The van der Waals surface area contributed by atoms with Crippen molar-refractivity contribution in [3.8, 4) is 27.5 Å². The lowest BCUT2D eigenvalue weighted by Gasteiger charge is -2.14. The number of aryl methyl sites for hydroxylation is 2. The lowest BCUT2D eigenvalue weighted by Crippen LogP contribution is -2.21. The first-order valence-corrected chi connectivity index (χ1v) is 12.6. The molecule has 0 saturated heterocycles. The van der Waals surface area contributed by atoms with Crippen molar-refractivity contribution in [2.75, 3.05) is 18.0 Å². The van der Waals surface area contributed by atoms with Crippen LogP contribution in [0.15, 0.2) is 47.8 Å². The van der Waals surface area contributed by atoms with E-state index in [4.69, 9.17) is 19.7 Å². The molecule has 0 radical (unpaired) electrons. The summed E-state index contributed by atoms with van der Waals surface area (Å²) in [6, 6.07) is 11.9. The van der Waals surface area contributed by atoms with Gasteiger partial charge in [-0.1, -0.05) is 41.4 Å². The zero-order chi connectivity index (χ0) is 25.2. The number of thiol groups is 1. The number of amides is 1. The molecule has 3 heterocycles. The third kappa shape index (κ3) is 4.47. The highest BCUT2D eigenvalue weighted by atomic mass is 32.1. The average Bonchev–Trinajstić information content (AvgIpc) is 3.50. The number of carbonyl (C=O) groups excluding carboxylic acids is 1. The summed E-state index contributed by atoms with van der Waals surface area (Å²) in [4.78, 5) is 27.2. The van der Waals surface area contributed by atoms with Crippen molar-refractivity contribution in [2.24, 2.45) is 5.16 Å². The molecule has 1 aromatic carbocycles. The van der Waals surface area contributed by atoms with Crippen molar-refractivity contribution >= 4 is 41.6 Å². The molecule has 11 heteroatoms. The Balaban J connectivity index is 1.65. The van der Waals surface area contributed by atoms with Crippen LogP contribution in [0.4, 0.5) is 9.93 Å². The van der Waals surface area contributed by atoms with Crippen LogP contribution in [-0.2, 0) is 22.4 Å². The molecular weight excluding hydrogens is 496 g/mol. The number of thiazole rings is 1. The number of hydrogen-bond acceptors (Lipinski definition) is 9. The van der Waals surface area contributed by atoms with Crippen LogP contribution in [0.1, 0.15) is 29.4 Å². The summed E-state index contributed by atoms with van der Waals surface area (Å²) < 4.78 is 8.19. The van der Waals surface area contributed by atoms with Gasteiger partial charge >= 0.3 is 6.09 Å². The lowest BCUT2D eigenvalue weighted by atomic mass is 9.95. The molecule has 1 aliphatic rings. The summed E-state index contributed by atoms with van der Waals surface area (Å²) >= 11 is 5.74. The van der Waals surface area contributed by atoms with Crippen LogP contribution in [0, 0.1) is 6.92 Å². The Hall–Kier alpha value is -3.70. The highest BCUT2D eigenvalue weighted by molar-refractivity contribution is 7.83. The molecule has 3 aromatic heterocycles. The van der Waals surface area contributed by atoms with Crippen molar-refractivity contribution < 1.29 is 14.4 Å². The second-order valence-electron chi connectivity index (χ2n) is 8.07. The zero-order valence-electron chi connectivity index (χ0n) is 20.0. The number of aromatic nitrogens is 4. The third-order valence-electron chi connectivity index (χ3n) is 5.75. The molecule has 36 heavy (non-hydrogen) atoms. The van der Waals surface area contributed by atoms with E-state index in [2.05, 4.69) is 23.0 Å². The number of benzene rings is 1. The van der Waals surface area contributed by atoms with Crippen LogP contribution in [0.25, 0.3) is 27.5 Å². The summed E-state index contributed by atoms with van der Waals surface area (Å²) in [6.45, 7) is 3.98. The van der Waals surface area contributed by atoms with E-state index in [0.29, 0.717) is 5.13 Å². The van der Waals surface area contributed by atoms with Crippen molar-refractivity contribution in [1.29, 1.82) is 0 Å². The average molecular weight is 521 g/mol. The molecule has 9 nitrogen and oxygen atoms in total. The minimum absolute atomic E-state index is 0.261. The molecule has 1 amide bonds. The molecule has 0 saturated carbocycles. The third-order valence-corrected chi connectivity index (χ3v) is 7.33. The van der Waals surface area contributed by atoms with Crippen LogP contribution >= 0.6 is 24.2 Å². The minimum Gasteiger partial charge on any atom is -0.449 e. The molecule has 0 unspecified atom stereocenters. The Kier molecular flexibility index (Phi) is 6.75. The van der Waals surface area contributed by atoms with Gasteiger partial charge in [-0.05, 0) is 56.5 Å². The molecule has 5 rings (SSSR count). The van der Waals surface area contributed by atoms with Crippen LogP contribution in [0.2, 0.25) is 0 Å². The van der Waals surface area contributed by atoms with Crippen LogP contribution in [0.5, 0.6) is 0 Å². The van der Waals surface area contributed by atoms with Gasteiger partial charge in [-0.2, -0.15) is 9.40 Å². The van der Waals surface area contributed by atoms with Gasteiger partial charge in [0.05, 0.1) is 40.5 Å². The van der Waals surface area contributed by atoms with Crippen LogP contribution in [0.3, 0.4) is 0 Å². The normalized spacial score (nSPS) is 12.3. The topological polar surface area (TPSA) is 94.7 Å². The van der Waals surface area contributed by atoms with Gasteiger partial charge in [0.2, 0.25) is 5.13 Å². The maximum Gasteiger partial charge on any atom is 0.426 e. The molecule has 4 aromatic rings. The van der Waals surface area contributed by atoms with E-state index in [-0.39, 0.29) is 6.61 Å². The van der Waals surface area contributed by atoms with Gasteiger partial charge in [-0.3, -0.25) is 4.98 Å². The summed E-state index contributed by atoms with van der Waals surface area (Å²) in [5, 5.41) is 9.34. The van der Waals surface area contributed by atoms with E-state index in [1.807, 2.05) is 54.2 Å². The molecule has 0 bridgehead atoms. The fourth-order valence-electron chi connectivity index (χ4n) is 4.05. The van der Waals surface area contributed by atoms with Crippen LogP contribution in [-0.4, -0.2) is 45.8 Å². The highest BCUT2D eigenvalue weighted by Gasteiger charge is 2.31. The van der Waals surface area contributed by atoms with Crippen molar-refractivity contribution in [3.63, 3.8) is 0 Å². The number of rotatable bonds is 6. The van der Waals surface area contributed by atoms with Gasteiger partial charge in [0.15, 0.2) is 0 Å². The fourth-order valence-corrected chi connectivity index (χ4v) is 5.35. The highest BCUT2D eigenvalue weighted by Crippen LogP contribution is 2.45. The largest absolute Gasteiger partial charge is 0.449 e. The zero-order valence-corrected chi connectivity index (χ0v) is 21.7. The first-order chi connectivity index (χ1) is 17.5. The lowest BCUT2D eigenvalue weighted by molar-refractivity contribution is 0.164. The Morgan fingerprint density at radius 3 is 2.75 bits per heavy atom. The quantitative estimate of drug-likeness (QED) is 0.212. The smallest absolute Gasteiger partial charge is 0.426 e. The first kappa shape index (κ1) is 24.0. The number of carbonyl (C=O) groups is 1. The molecular formula is C25H24N6O3S2.